The number of fused-ring (bicyclic) bond motifs is 3. The van der Waals surface area contributed by atoms with Crippen LogP contribution in [0.15, 0.2) is 53.5 Å². The van der Waals surface area contributed by atoms with Crippen molar-refractivity contribution in [2.45, 2.75) is 13.0 Å². The fourth-order valence-electron chi connectivity index (χ4n) is 3.26. The van der Waals surface area contributed by atoms with Crippen molar-refractivity contribution in [1.29, 1.82) is 0 Å². The number of thiazole rings is 1. The molecule has 27 heavy (non-hydrogen) atoms. The lowest BCUT2D eigenvalue weighted by Gasteiger charge is -2.09. The van der Waals surface area contributed by atoms with Gasteiger partial charge in [-0.2, -0.15) is 0 Å². The van der Waals surface area contributed by atoms with Crippen molar-refractivity contribution in [3.05, 3.63) is 69.3 Å². The van der Waals surface area contributed by atoms with E-state index < -0.39 is 5.91 Å². The summed E-state index contributed by atoms with van der Waals surface area (Å²) in [5.41, 5.74) is 10.4. The zero-order chi connectivity index (χ0) is 18.1. The van der Waals surface area contributed by atoms with Crippen molar-refractivity contribution in [2.24, 2.45) is 10.7 Å². The van der Waals surface area contributed by atoms with Crippen LogP contribution in [-0.4, -0.2) is 24.2 Å². The quantitative estimate of drug-likeness (QED) is 0.508. The van der Waals surface area contributed by atoms with Crippen molar-refractivity contribution in [1.82, 2.24) is 4.57 Å². The molecular formula is C20H20BrN3O2S. The number of para-hydroxylation sites is 1. The highest BCUT2D eigenvalue weighted by Crippen LogP contribution is 2.38. The lowest BCUT2D eigenvalue weighted by atomic mass is 10.1. The Hall–Kier alpha value is -2.22. The van der Waals surface area contributed by atoms with Gasteiger partial charge in [0.2, 0.25) is 5.91 Å². The number of amides is 1. The van der Waals surface area contributed by atoms with Gasteiger partial charge in [0.05, 0.1) is 18.0 Å². The summed E-state index contributed by atoms with van der Waals surface area (Å²) in [6.45, 7) is 1.34. The molecule has 1 amide bonds. The maximum atomic E-state index is 11.5. The lowest BCUT2D eigenvalue weighted by Crippen LogP contribution is -2.18. The monoisotopic (exact) mass is 445 g/mol. The van der Waals surface area contributed by atoms with Crippen LogP contribution < -0.4 is 10.5 Å². The van der Waals surface area contributed by atoms with E-state index in [-0.39, 0.29) is 17.0 Å². The molecule has 4 rings (SSSR count). The zero-order valence-electron chi connectivity index (χ0n) is 14.8. The molecule has 5 nitrogen and oxygen atoms in total. The third kappa shape index (κ3) is 3.76. The van der Waals surface area contributed by atoms with Gasteiger partial charge in [-0.15, -0.1) is 28.3 Å². The standard InChI is InChI=1S/C20H19N3O2S.BrH/c1-25-10-9-23-18-16-8-7-13(19(21)24)11-14(16)12-17(18)26-20(23)22-15-5-3-2-4-6-15;/h2-8,11H,9-10,12H2,1H3,(H2,21,24);1H. The molecule has 1 aromatic heterocycles. The van der Waals surface area contributed by atoms with Gasteiger partial charge in [0.25, 0.3) is 0 Å². The fraction of sp³-hybridized carbons (Fsp3) is 0.200. The predicted octanol–water partition coefficient (Wildman–Crippen LogP) is 3.68. The smallest absolute Gasteiger partial charge is 0.248 e. The molecule has 0 atom stereocenters. The number of carbonyl (C=O) groups is 1. The summed E-state index contributed by atoms with van der Waals surface area (Å²) in [5, 5.41) is 0. The average molecular weight is 446 g/mol. The second-order valence-electron chi connectivity index (χ2n) is 6.16. The minimum atomic E-state index is -0.393. The number of methoxy groups -OCH3 is 1. The van der Waals surface area contributed by atoms with Crippen molar-refractivity contribution in [3.8, 4) is 11.3 Å². The van der Waals surface area contributed by atoms with Gasteiger partial charge in [0.15, 0.2) is 4.80 Å². The van der Waals surface area contributed by atoms with Crippen LogP contribution in [-0.2, 0) is 17.7 Å². The number of nitrogens with two attached hydrogens (primary N) is 1. The summed E-state index contributed by atoms with van der Waals surface area (Å²) in [4.78, 5) is 18.5. The second-order valence-corrected chi connectivity index (χ2v) is 7.22. The largest absolute Gasteiger partial charge is 0.383 e. The first kappa shape index (κ1) is 19.5. The SMILES string of the molecule is Br.COCCn1c2c(sc1=Nc1ccccc1)Cc1cc(C(N)=O)ccc1-2. The maximum Gasteiger partial charge on any atom is 0.248 e. The molecule has 7 heteroatoms. The van der Waals surface area contributed by atoms with Crippen LogP contribution in [0.2, 0.25) is 0 Å². The summed E-state index contributed by atoms with van der Waals surface area (Å²) in [5.74, 6) is -0.393. The minimum absolute atomic E-state index is 0. The number of benzene rings is 2. The van der Waals surface area contributed by atoms with E-state index in [1.807, 2.05) is 42.5 Å². The first-order valence-electron chi connectivity index (χ1n) is 8.41. The number of carbonyl (C=O) groups excluding carboxylic acids is 1. The summed E-state index contributed by atoms with van der Waals surface area (Å²) >= 11 is 1.69. The Bertz CT molecular complexity index is 1040. The number of aromatic nitrogens is 1. The molecule has 0 fully saturated rings. The summed E-state index contributed by atoms with van der Waals surface area (Å²) in [7, 11) is 1.70. The number of nitrogens with zero attached hydrogens (tertiary/aromatic N) is 2. The van der Waals surface area contributed by atoms with Gasteiger partial charge in [-0.1, -0.05) is 24.3 Å². The number of ether oxygens (including phenoxy) is 1. The Morgan fingerprint density at radius 3 is 2.74 bits per heavy atom. The van der Waals surface area contributed by atoms with Crippen LogP contribution in [0, 0.1) is 0 Å². The molecule has 0 unspecified atom stereocenters. The molecule has 2 aromatic carbocycles. The third-order valence-corrected chi connectivity index (χ3v) is 5.55. The lowest BCUT2D eigenvalue weighted by molar-refractivity contribution is 0.1000. The van der Waals surface area contributed by atoms with E-state index >= 15 is 0 Å². The molecule has 0 radical (unpaired) electrons. The molecule has 1 heterocycles. The molecular weight excluding hydrogens is 426 g/mol. The van der Waals surface area contributed by atoms with E-state index in [1.165, 1.54) is 10.6 Å². The minimum Gasteiger partial charge on any atom is -0.383 e. The molecule has 0 bridgehead atoms. The molecule has 0 spiro atoms. The van der Waals surface area contributed by atoms with Crippen molar-refractivity contribution >= 4 is 39.9 Å². The average Bonchev–Trinajstić information content (AvgIpc) is 3.15. The Kier molecular flexibility index (Phi) is 5.94. The highest BCUT2D eigenvalue weighted by atomic mass is 79.9. The van der Waals surface area contributed by atoms with Crippen LogP contribution in [0.3, 0.4) is 0 Å². The van der Waals surface area contributed by atoms with E-state index in [0.717, 1.165) is 34.6 Å². The van der Waals surface area contributed by atoms with Crippen LogP contribution >= 0.6 is 28.3 Å². The fourth-order valence-corrected chi connectivity index (χ4v) is 4.47. The molecule has 3 aromatic rings. The predicted molar refractivity (Wildman–Crippen MR) is 113 cm³/mol. The van der Waals surface area contributed by atoms with E-state index in [9.17, 15) is 4.79 Å². The molecule has 2 N–H and O–H groups in total. The number of hydrogen-bond acceptors (Lipinski definition) is 4. The van der Waals surface area contributed by atoms with Gasteiger partial charge in [0, 0.05) is 36.1 Å². The molecule has 1 aliphatic rings. The van der Waals surface area contributed by atoms with Gasteiger partial charge in [-0.3, -0.25) is 4.79 Å². The first-order valence-corrected chi connectivity index (χ1v) is 9.23. The third-order valence-electron chi connectivity index (χ3n) is 4.48. The summed E-state index contributed by atoms with van der Waals surface area (Å²) in [6.07, 6.45) is 0.799. The van der Waals surface area contributed by atoms with Crippen molar-refractivity contribution < 1.29 is 9.53 Å². The van der Waals surface area contributed by atoms with E-state index in [4.69, 9.17) is 15.5 Å². The van der Waals surface area contributed by atoms with Gasteiger partial charge >= 0.3 is 0 Å². The molecule has 0 saturated carbocycles. The Morgan fingerprint density at radius 2 is 2.04 bits per heavy atom. The van der Waals surface area contributed by atoms with Crippen molar-refractivity contribution in [3.63, 3.8) is 0 Å². The number of primary amides is 1. The van der Waals surface area contributed by atoms with Gasteiger partial charge in [0.1, 0.15) is 0 Å². The zero-order valence-corrected chi connectivity index (χ0v) is 17.4. The van der Waals surface area contributed by atoms with Gasteiger partial charge in [-0.05, 0) is 29.8 Å². The first-order chi connectivity index (χ1) is 12.7. The number of rotatable bonds is 5. The van der Waals surface area contributed by atoms with E-state index in [2.05, 4.69) is 4.57 Å². The Morgan fingerprint density at radius 1 is 1.26 bits per heavy atom. The van der Waals surface area contributed by atoms with Crippen LogP contribution in [0.25, 0.3) is 11.3 Å². The maximum absolute atomic E-state index is 11.5. The molecule has 140 valence electrons. The van der Waals surface area contributed by atoms with E-state index in [0.29, 0.717) is 12.2 Å². The normalized spacial score (nSPS) is 12.4. The number of halogens is 1. The topological polar surface area (TPSA) is 69.6 Å². The van der Waals surface area contributed by atoms with Crippen LogP contribution in [0.5, 0.6) is 0 Å². The highest BCUT2D eigenvalue weighted by Gasteiger charge is 2.25. The van der Waals surface area contributed by atoms with Crippen LogP contribution in [0.1, 0.15) is 20.8 Å². The Labute approximate surface area is 171 Å². The molecule has 0 aliphatic heterocycles. The van der Waals surface area contributed by atoms with Crippen molar-refractivity contribution in [2.75, 3.05) is 13.7 Å². The Balaban J connectivity index is 0.00000210. The number of hydrogen-bond donors (Lipinski definition) is 1. The van der Waals surface area contributed by atoms with Crippen LogP contribution in [0.4, 0.5) is 5.69 Å². The van der Waals surface area contributed by atoms with Gasteiger partial charge < -0.3 is 15.0 Å². The molecule has 1 aliphatic carbocycles. The summed E-state index contributed by atoms with van der Waals surface area (Å²) in [6, 6.07) is 15.6. The van der Waals surface area contributed by atoms with Gasteiger partial charge in [-0.25, -0.2) is 4.99 Å². The molecule has 0 saturated heterocycles. The second kappa shape index (κ2) is 8.21. The van der Waals surface area contributed by atoms with E-state index in [1.54, 1.807) is 24.5 Å². The summed E-state index contributed by atoms with van der Waals surface area (Å²) < 4.78 is 7.51. The highest BCUT2D eigenvalue weighted by molar-refractivity contribution is 8.93.